The van der Waals surface area contributed by atoms with E-state index < -0.39 is 4.92 Å². The fourth-order valence-electron chi connectivity index (χ4n) is 3.83. The third kappa shape index (κ3) is 5.06. The van der Waals surface area contributed by atoms with Gasteiger partial charge in [-0.1, -0.05) is 0 Å². The van der Waals surface area contributed by atoms with E-state index in [1.807, 2.05) is 41.3 Å². The number of aromatic amines is 1. The fraction of sp³-hybridized carbons (Fsp3) is 0.240. The van der Waals surface area contributed by atoms with Gasteiger partial charge in [0, 0.05) is 48.5 Å². The number of fused-ring (bicyclic) bond motifs is 1. The Kier molecular flexibility index (Phi) is 6.91. The number of nitrogens with zero attached hydrogens (tertiary/aromatic N) is 3. The van der Waals surface area contributed by atoms with Gasteiger partial charge in [-0.05, 0) is 30.3 Å². The standard InChI is InChI=1S/C25H26N4O6/c1-32-19-8-5-16(23(12-19)34-3)14-28(15-17-6-9-20(33-2)13-24(17)35-4)25-26-21-10-7-18(29(30)31)11-22(21)27-25/h5-13H,14-15H2,1-4H3,(H,26,27). The van der Waals surface area contributed by atoms with Crippen LogP contribution in [0.15, 0.2) is 54.6 Å². The molecule has 0 unspecified atom stereocenters. The summed E-state index contributed by atoms with van der Waals surface area (Å²) in [6, 6.07) is 15.8. The summed E-state index contributed by atoms with van der Waals surface area (Å²) in [5.41, 5.74) is 3.01. The number of nitrogens with one attached hydrogen (secondary N) is 1. The smallest absolute Gasteiger partial charge is 0.271 e. The molecule has 10 nitrogen and oxygen atoms in total. The molecule has 0 aliphatic rings. The molecule has 35 heavy (non-hydrogen) atoms. The molecule has 0 spiro atoms. The molecule has 182 valence electrons. The van der Waals surface area contributed by atoms with E-state index in [4.69, 9.17) is 23.9 Å². The van der Waals surface area contributed by atoms with Crippen LogP contribution in [0.25, 0.3) is 11.0 Å². The number of aromatic nitrogens is 2. The number of benzene rings is 3. The first-order valence-electron chi connectivity index (χ1n) is 10.8. The molecule has 1 aromatic heterocycles. The lowest BCUT2D eigenvalue weighted by atomic mass is 10.1. The Balaban J connectivity index is 1.77. The molecule has 0 saturated heterocycles. The van der Waals surface area contributed by atoms with Gasteiger partial charge in [-0.2, -0.15) is 0 Å². The summed E-state index contributed by atoms with van der Waals surface area (Å²) in [6.45, 7) is 0.870. The van der Waals surface area contributed by atoms with Crippen molar-refractivity contribution in [3.8, 4) is 23.0 Å². The van der Waals surface area contributed by atoms with Crippen molar-refractivity contribution in [3.05, 3.63) is 75.8 Å². The lowest BCUT2D eigenvalue weighted by Crippen LogP contribution is -2.24. The monoisotopic (exact) mass is 478 g/mol. The summed E-state index contributed by atoms with van der Waals surface area (Å²) in [5.74, 6) is 3.26. The van der Waals surface area contributed by atoms with Gasteiger partial charge < -0.3 is 28.8 Å². The highest BCUT2D eigenvalue weighted by molar-refractivity contribution is 5.80. The van der Waals surface area contributed by atoms with Crippen molar-refractivity contribution in [2.75, 3.05) is 33.3 Å². The first-order valence-corrected chi connectivity index (χ1v) is 10.8. The van der Waals surface area contributed by atoms with E-state index in [-0.39, 0.29) is 5.69 Å². The summed E-state index contributed by atoms with van der Waals surface area (Å²) in [6.07, 6.45) is 0. The summed E-state index contributed by atoms with van der Waals surface area (Å²) in [7, 11) is 6.42. The number of rotatable bonds is 10. The molecular formula is C25H26N4O6. The van der Waals surface area contributed by atoms with Crippen LogP contribution >= 0.6 is 0 Å². The van der Waals surface area contributed by atoms with Gasteiger partial charge in [0.25, 0.3) is 5.69 Å². The van der Waals surface area contributed by atoms with Crippen molar-refractivity contribution in [1.82, 2.24) is 9.97 Å². The fourth-order valence-corrected chi connectivity index (χ4v) is 3.83. The van der Waals surface area contributed by atoms with Crippen LogP contribution in [-0.4, -0.2) is 43.3 Å². The third-order valence-electron chi connectivity index (χ3n) is 5.67. The number of ether oxygens (including phenoxy) is 4. The number of nitro benzene ring substituents is 1. The Bertz CT molecular complexity index is 1300. The van der Waals surface area contributed by atoms with Crippen molar-refractivity contribution in [1.29, 1.82) is 0 Å². The second kappa shape index (κ2) is 10.2. The molecule has 0 aliphatic carbocycles. The third-order valence-corrected chi connectivity index (χ3v) is 5.67. The first kappa shape index (κ1) is 23.7. The molecule has 0 atom stereocenters. The highest BCUT2D eigenvalue weighted by atomic mass is 16.6. The van der Waals surface area contributed by atoms with Crippen molar-refractivity contribution in [2.45, 2.75) is 13.1 Å². The van der Waals surface area contributed by atoms with Crippen LogP contribution in [0.3, 0.4) is 0 Å². The zero-order chi connectivity index (χ0) is 24.9. The average Bonchev–Trinajstić information content (AvgIpc) is 3.32. The summed E-state index contributed by atoms with van der Waals surface area (Å²) < 4.78 is 21.8. The molecular weight excluding hydrogens is 452 g/mol. The number of imidazole rings is 1. The molecule has 0 saturated carbocycles. The highest BCUT2D eigenvalue weighted by Crippen LogP contribution is 2.31. The van der Waals surface area contributed by atoms with Gasteiger partial charge in [-0.25, -0.2) is 4.98 Å². The maximum atomic E-state index is 11.2. The second-order valence-electron chi connectivity index (χ2n) is 7.73. The van der Waals surface area contributed by atoms with E-state index in [0.717, 1.165) is 11.1 Å². The van der Waals surface area contributed by atoms with Gasteiger partial charge in [0.2, 0.25) is 5.95 Å². The maximum absolute atomic E-state index is 11.2. The molecule has 10 heteroatoms. The van der Waals surface area contributed by atoms with E-state index in [0.29, 0.717) is 53.1 Å². The summed E-state index contributed by atoms with van der Waals surface area (Å²) >= 11 is 0. The van der Waals surface area contributed by atoms with E-state index in [9.17, 15) is 10.1 Å². The Hall–Kier alpha value is -4.47. The molecule has 1 heterocycles. The molecule has 4 aromatic rings. The zero-order valence-corrected chi connectivity index (χ0v) is 19.9. The van der Waals surface area contributed by atoms with Gasteiger partial charge in [0.1, 0.15) is 23.0 Å². The van der Waals surface area contributed by atoms with Crippen LogP contribution in [0.4, 0.5) is 11.6 Å². The van der Waals surface area contributed by atoms with Gasteiger partial charge in [0.15, 0.2) is 0 Å². The summed E-state index contributed by atoms with van der Waals surface area (Å²) in [5, 5.41) is 11.2. The number of hydrogen-bond donors (Lipinski definition) is 1. The molecule has 1 N–H and O–H groups in total. The quantitative estimate of drug-likeness (QED) is 0.258. The molecule has 0 radical (unpaired) electrons. The van der Waals surface area contributed by atoms with Crippen LogP contribution in [0.2, 0.25) is 0 Å². The minimum Gasteiger partial charge on any atom is -0.497 e. The van der Waals surface area contributed by atoms with E-state index in [1.54, 1.807) is 34.5 Å². The van der Waals surface area contributed by atoms with E-state index in [2.05, 4.69) is 4.98 Å². The van der Waals surface area contributed by atoms with Crippen molar-refractivity contribution >= 4 is 22.7 Å². The molecule has 0 bridgehead atoms. The number of non-ortho nitro benzene ring substituents is 1. The number of H-pyrrole nitrogens is 1. The number of nitro groups is 1. The first-order chi connectivity index (χ1) is 16.9. The van der Waals surface area contributed by atoms with Crippen LogP contribution in [0, 0.1) is 10.1 Å². The van der Waals surface area contributed by atoms with Crippen molar-refractivity contribution < 1.29 is 23.9 Å². The SMILES string of the molecule is COc1ccc(CN(Cc2ccc(OC)cc2OC)c2nc3ccc([N+](=O)[O-])cc3[nH]2)c(OC)c1. The van der Waals surface area contributed by atoms with Gasteiger partial charge >= 0.3 is 0 Å². The molecule has 0 fully saturated rings. The number of methoxy groups -OCH3 is 4. The largest absolute Gasteiger partial charge is 0.497 e. The molecule has 3 aromatic carbocycles. The van der Waals surface area contributed by atoms with Gasteiger partial charge in [0.05, 0.1) is 44.4 Å². The average molecular weight is 479 g/mol. The minimum absolute atomic E-state index is 0.00658. The molecule has 0 aliphatic heterocycles. The van der Waals surface area contributed by atoms with E-state index >= 15 is 0 Å². The van der Waals surface area contributed by atoms with Crippen LogP contribution in [0.5, 0.6) is 23.0 Å². The number of hydrogen-bond acceptors (Lipinski definition) is 8. The van der Waals surface area contributed by atoms with Gasteiger partial charge in [-0.15, -0.1) is 0 Å². The van der Waals surface area contributed by atoms with Crippen LogP contribution in [0.1, 0.15) is 11.1 Å². The van der Waals surface area contributed by atoms with Crippen molar-refractivity contribution in [2.24, 2.45) is 0 Å². The predicted molar refractivity (Wildman–Crippen MR) is 132 cm³/mol. The van der Waals surface area contributed by atoms with Crippen LogP contribution < -0.4 is 23.8 Å². The molecule has 4 rings (SSSR count). The Morgan fingerprint density at radius 2 is 1.40 bits per heavy atom. The maximum Gasteiger partial charge on any atom is 0.271 e. The lowest BCUT2D eigenvalue weighted by Gasteiger charge is -2.24. The minimum atomic E-state index is -0.428. The van der Waals surface area contributed by atoms with Crippen LogP contribution in [-0.2, 0) is 13.1 Å². The lowest BCUT2D eigenvalue weighted by molar-refractivity contribution is -0.384. The second-order valence-corrected chi connectivity index (χ2v) is 7.73. The van der Waals surface area contributed by atoms with Crippen molar-refractivity contribution in [3.63, 3.8) is 0 Å². The topological polar surface area (TPSA) is 112 Å². The Morgan fingerprint density at radius 3 is 1.89 bits per heavy atom. The van der Waals surface area contributed by atoms with Gasteiger partial charge in [-0.3, -0.25) is 10.1 Å². The van der Waals surface area contributed by atoms with E-state index in [1.165, 1.54) is 12.1 Å². The Morgan fingerprint density at radius 1 is 0.829 bits per heavy atom. The predicted octanol–water partition coefficient (Wildman–Crippen LogP) is 4.71. The number of anilines is 1. The Labute approximate surface area is 202 Å². The highest BCUT2D eigenvalue weighted by Gasteiger charge is 2.19. The molecule has 0 amide bonds. The zero-order valence-electron chi connectivity index (χ0n) is 19.9. The summed E-state index contributed by atoms with van der Waals surface area (Å²) in [4.78, 5) is 20.7. The normalized spacial score (nSPS) is 10.7.